The molecule has 5 heteroatoms. The van der Waals surface area contributed by atoms with Gasteiger partial charge in [-0.1, -0.05) is 36.4 Å². The van der Waals surface area contributed by atoms with Gasteiger partial charge in [0.1, 0.15) is 11.5 Å². The van der Waals surface area contributed by atoms with E-state index in [1.807, 2.05) is 49.4 Å². The molecule has 32 heavy (non-hydrogen) atoms. The molecule has 0 radical (unpaired) electrons. The summed E-state index contributed by atoms with van der Waals surface area (Å²) in [6.45, 7) is 3.84. The van der Waals surface area contributed by atoms with E-state index in [2.05, 4.69) is 29.2 Å². The number of hydrogen-bond acceptors (Lipinski definition) is 4. The molecule has 0 atom stereocenters. The molecule has 4 rings (SSSR count). The second-order valence-electron chi connectivity index (χ2n) is 7.70. The number of para-hydroxylation sites is 1. The number of carboxylic acids is 1. The van der Waals surface area contributed by atoms with Crippen LogP contribution in [0.25, 0.3) is 17.2 Å². The molecule has 1 aliphatic heterocycles. The van der Waals surface area contributed by atoms with Crippen molar-refractivity contribution in [3.05, 3.63) is 83.4 Å². The zero-order valence-electron chi connectivity index (χ0n) is 18.4. The van der Waals surface area contributed by atoms with E-state index in [9.17, 15) is 9.90 Å². The van der Waals surface area contributed by atoms with Gasteiger partial charge in [-0.15, -0.1) is 0 Å². The molecule has 0 aliphatic carbocycles. The molecule has 0 spiro atoms. The number of fused-ring (bicyclic) bond motifs is 1. The third kappa shape index (κ3) is 4.62. The molecule has 1 N–H and O–H groups in total. The zero-order valence-corrected chi connectivity index (χ0v) is 18.4. The van der Waals surface area contributed by atoms with E-state index >= 15 is 0 Å². The second-order valence-corrected chi connectivity index (χ2v) is 7.70. The van der Waals surface area contributed by atoms with Gasteiger partial charge in [-0.2, -0.15) is 0 Å². The molecule has 3 aromatic carbocycles. The molecule has 0 saturated heterocycles. The quantitative estimate of drug-likeness (QED) is 0.527. The van der Waals surface area contributed by atoms with Gasteiger partial charge >= 0.3 is 5.97 Å². The lowest BCUT2D eigenvalue weighted by atomic mass is 9.99. The summed E-state index contributed by atoms with van der Waals surface area (Å²) in [6, 6.07) is 22.1. The van der Waals surface area contributed by atoms with Gasteiger partial charge in [-0.05, 0) is 66.4 Å². The zero-order chi connectivity index (χ0) is 22.5. The lowest BCUT2D eigenvalue weighted by Gasteiger charge is -2.26. The van der Waals surface area contributed by atoms with Crippen molar-refractivity contribution in [3.63, 3.8) is 0 Å². The first-order valence-electron chi connectivity index (χ1n) is 10.8. The van der Waals surface area contributed by atoms with Crippen LogP contribution in [0.1, 0.15) is 24.5 Å². The summed E-state index contributed by atoms with van der Waals surface area (Å²) in [7, 11) is 1.66. The molecular weight excluding hydrogens is 402 g/mol. The van der Waals surface area contributed by atoms with Crippen LogP contribution in [0.3, 0.4) is 0 Å². The van der Waals surface area contributed by atoms with E-state index < -0.39 is 5.97 Å². The number of methoxy groups -OCH3 is 1. The fourth-order valence-corrected chi connectivity index (χ4v) is 4.07. The third-order valence-corrected chi connectivity index (χ3v) is 5.63. The van der Waals surface area contributed by atoms with Gasteiger partial charge in [0.05, 0.1) is 13.7 Å². The predicted molar refractivity (Wildman–Crippen MR) is 127 cm³/mol. The van der Waals surface area contributed by atoms with Crippen molar-refractivity contribution in [1.82, 2.24) is 0 Å². The smallest absolute Gasteiger partial charge is 0.331 e. The average Bonchev–Trinajstić information content (AvgIpc) is 2.99. The number of carbonyl (C=O) groups is 1. The van der Waals surface area contributed by atoms with Crippen molar-refractivity contribution in [1.29, 1.82) is 0 Å². The number of aliphatic carboxylic acids is 1. The first-order valence-corrected chi connectivity index (χ1v) is 10.8. The highest BCUT2D eigenvalue weighted by molar-refractivity contribution is 5.94. The molecule has 164 valence electrons. The highest BCUT2D eigenvalue weighted by Gasteiger charge is 2.20. The second kappa shape index (κ2) is 9.60. The van der Waals surface area contributed by atoms with E-state index in [-0.39, 0.29) is 0 Å². The maximum Gasteiger partial charge on any atom is 0.331 e. The highest BCUT2D eigenvalue weighted by Crippen LogP contribution is 2.36. The maximum absolute atomic E-state index is 11.8. The lowest BCUT2D eigenvalue weighted by Crippen LogP contribution is -2.24. The number of anilines is 1. The number of hydrogen-bond donors (Lipinski definition) is 1. The number of carboxylic acid groups (broad SMARTS) is 1. The van der Waals surface area contributed by atoms with Crippen LogP contribution in [0.2, 0.25) is 0 Å². The Morgan fingerprint density at radius 3 is 2.69 bits per heavy atom. The van der Waals surface area contributed by atoms with E-state index in [1.54, 1.807) is 13.2 Å². The fourth-order valence-electron chi connectivity index (χ4n) is 4.07. The molecule has 0 amide bonds. The van der Waals surface area contributed by atoms with Crippen molar-refractivity contribution >= 4 is 17.7 Å². The summed E-state index contributed by atoms with van der Waals surface area (Å²) >= 11 is 0. The van der Waals surface area contributed by atoms with E-state index in [1.165, 1.54) is 0 Å². The van der Waals surface area contributed by atoms with Crippen molar-refractivity contribution in [2.24, 2.45) is 0 Å². The largest absolute Gasteiger partial charge is 0.497 e. The number of nitrogens with zero attached hydrogens (tertiary/aromatic N) is 1. The monoisotopic (exact) mass is 429 g/mol. The van der Waals surface area contributed by atoms with Gasteiger partial charge in [0, 0.05) is 29.9 Å². The summed E-state index contributed by atoms with van der Waals surface area (Å²) in [4.78, 5) is 14.1. The van der Waals surface area contributed by atoms with E-state index in [0.717, 1.165) is 39.4 Å². The van der Waals surface area contributed by atoms with Gasteiger partial charge < -0.3 is 19.5 Å². The Bertz CT molecular complexity index is 1150. The topological polar surface area (TPSA) is 59.0 Å². The van der Waals surface area contributed by atoms with Crippen LogP contribution in [0.15, 0.2) is 72.3 Å². The van der Waals surface area contributed by atoms with Crippen molar-refractivity contribution < 1.29 is 19.4 Å². The summed E-state index contributed by atoms with van der Waals surface area (Å²) in [5, 5.41) is 9.71. The SMILES string of the molecule is CCOc1ccccc1-c1ccc2c(c1)C=C(C(=O)O)CCN2Cc1cccc(OC)c1. The van der Waals surface area contributed by atoms with E-state index in [0.29, 0.717) is 31.7 Å². The minimum atomic E-state index is -0.876. The van der Waals surface area contributed by atoms with Crippen LogP contribution in [-0.2, 0) is 11.3 Å². The molecule has 3 aromatic rings. The first kappa shape index (κ1) is 21.5. The van der Waals surface area contributed by atoms with Gasteiger partial charge in [-0.3, -0.25) is 0 Å². The Kier molecular flexibility index (Phi) is 6.45. The van der Waals surface area contributed by atoms with Crippen molar-refractivity contribution in [2.45, 2.75) is 19.9 Å². The van der Waals surface area contributed by atoms with Crippen LogP contribution in [0, 0.1) is 0 Å². The standard InChI is InChI=1S/C27H27NO4/c1-3-32-26-10-5-4-9-24(26)20-11-12-25-22(16-20)17-21(27(29)30)13-14-28(25)18-19-7-6-8-23(15-19)31-2/h4-12,15-17H,3,13-14,18H2,1-2H3,(H,29,30). The van der Waals surface area contributed by atoms with Crippen molar-refractivity contribution in [3.8, 4) is 22.6 Å². The number of rotatable bonds is 7. The highest BCUT2D eigenvalue weighted by atomic mass is 16.5. The Morgan fingerprint density at radius 1 is 1.06 bits per heavy atom. The van der Waals surface area contributed by atoms with E-state index in [4.69, 9.17) is 9.47 Å². The Morgan fingerprint density at radius 2 is 1.91 bits per heavy atom. The normalized spacial score (nSPS) is 13.1. The van der Waals surface area contributed by atoms with Crippen molar-refractivity contribution in [2.75, 3.05) is 25.2 Å². The Labute approximate surface area is 188 Å². The summed E-state index contributed by atoms with van der Waals surface area (Å²) in [6.07, 6.45) is 2.27. The Hall–Kier alpha value is -3.73. The molecule has 1 heterocycles. The molecule has 0 aromatic heterocycles. The van der Waals surface area contributed by atoms with Gasteiger partial charge in [-0.25, -0.2) is 4.79 Å². The minimum Gasteiger partial charge on any atom is -0.497 e. The summed E-state index contributed by atoms with van der Waals surface area (Å²) in [5.41, 5.74) is 5.42. The van der Waals surface area contributed by atoms with Gasteiger partial charge in [0.25, 0.3) is 0 Å². The first-order chi connectivity index (χ1) is 15.6. The van der Waals surface area contributed by atoms with Crippen LogP contribution < -0.4 is 14.4 Å². The van der Waals surface area contributed by atoms with Crippen LogP contribution in [0.5, 0.6) is 11.5 Å². The molecule has 0 fully saturated rings. The number of ether oxygens (including phenoxy) is 2. The Balaban J connectivity index is 1.75. The summed E-state index contributed by atoms with van der Waals surface area (Å²) in [5.74, 6) is 0.753. The van der Waals surface area contributed by atoms with Gasteiger partial charge in [0.2, 0.25) is 0 Å². The maximum atomic E-state index is 11.8. The predicted octanol–water partition coefficient (Wildman–Crippen LogP) is 5.64. The fraction of sp³-hybridized carbons (Fsp3) is 0.222. The van der Waals surface area contributed by atoms with Gasteiger partial charge in [0.15, 0.2) is 0 Å². The van der Waals surface area contributed by atoms with Crippen LogP contribution >= 0.6 is 0 Å². The summed E-state index contributed by atoms with van der Waals surface area (Å²) < 4.78 is 11.2. The average molecular weight is 430 g/mol. The molecule has 0 saturated carbocycles. The minimum absolute atomic E-state index is 0.412. The lowest BCUT2D eigenvalue weighted by molar-refractivity contribution is -0.132. The number of benzene rings is 3. The molecule has 0 bridgehead atoms. The van der Waals surface area contributed by atoms with Crippen LogP contribution in [0.4, 0.5) is 5.69 Å². The molecule has 0 unspecified atom stereocenters. The third-order valence-electron chi connectivity index (χ3n) is 5.63. The molecule has 1 aliphatic rings. The van der Waals surface area contributed by atoms with Crippen LogP contribution in [-0.4, -0.2) is 31.3 Å². The molecular formula is C27H27NO4. The molecule has 5 nitrogen and oxygen atoms in total.